The number of likely N-dealkylation sites (tertiary alicyclic amines) is 1. The zero-order valence-electron chi connectivity index (χ0n) is 13.4. The van der Waals surface area contributed by atoms with Crippen molar-refractivity contribution in [3.8, 4) is 0 Å². The lowest BCUT2D eigenvalue weighted by Gasteiger charge is -2.19. The summed E-state index contributed by atoms with van der Waals surface area (Å²) in [6, 6.07) is 3.48. The molecule has 0 radical (unpaired) electrons. The van der Waals surface area contributed by atoms with Gasteiger partial charge in [0.05, 0.1) is 11.8 Å². The van der Waals surface area contributed by atoms with Crippen LogP contribution in [0.25, 0.3) is 0 Å². The molecule has 0 saturated carbocycles. The van der Waals surface area contributed by atoms with Gasteiger partial charge in [0.2, 0.25) is 0 Å². The van der Waals surface area contributed by atoms with Crippen LogP contribution in [0, 0.1) is 24.6 Å². The van der Waals surface area contributed by atoms with Crippen LogP contribution in [-0.2, 0) is 11.2 Å². The first-order valence-electron chi connectivity index (χ1n) is 7.67. The van der Waals surface area contributed by atoms with Crippen molar-refractivity contribution in [1.29, 1.82) is 0 Å². The maximum absolute atomic E-state index is 13.0. The summed E-state index contributed by atoms with van der Waals surface area (Å²) in [4.78, 5) is 23.9. The number of carbonyl (C=O) groups is 2. The number of carboxylic acids is 1. The standard InChI is InChI=1S/C16H18F4N2O3/c1-9-6-11(17)3-2-10(9)4-5-21-15(25)22-7-12(14(23)24)13(8-22)16(18,19)20/h2-3,6,12-13H,4-5,7-8H2,1H3,(H,21,25)(H,23,24)/t12-,13-/m1/s1. The molecule has 2 atom stereocenters. The SMILES string of the molecule is Cc1cc(F)ccc1CCNC(=O)N1C[C@@H](C(F)(F)F)[C@H](C(=O)O)C1. The van der Waals surface area contributed by atoms with E-state index >= 15 is 0 Å². The van der Waals surface area contributed by atoms with E-state index in [0.717, 1.165) is 10.5 Å². The lowest BCUT2D eigenvalue weighted by Crippen LogP contribution is -2.40. The molecule has 0 bridgehead atoms. The Hall–Kier alpha value is -2.32. The second-order valence-corrected chi connectivity index (χ2v) is 6.05. The van der Waals surface area contributed by atoms with Crippen molar-refractivity contribution in [3.63, 3.8) is 0 Å². The summed E-state index contributed by atoms with van der Waals surface area (Å²) in [5.41, 5.74) is 1.51. The smallest absolute Gasteiger partial charge is 0.394 e. The predicted molar refractivity (Wildman–Crippen MR) is 80.5 cm³/mol. The van der Waals surface area contributed by atoms with Crippen LogP contribution in [0.4, 0.5) is 22.4 Å². The third kappa shape index (κ3) is 4.61. The molecule has 1 saturated heterocycles. The van der Waals surface area contributed by atoms with Gasteiger partial charge in [0.25, 0.3) is 0 Å². The molecular weight excluding hydrogens is 344 g/mol. The molecule has 2 rings (SSSR count). The highest BCUT2D eigenvalue weighted by molar-refractivity contribution is 5.77. The fraction of sp³-hybridized carbons (Fsp3) is 0.500. The number of nitrogens with one attached hydrogen (secondary N) is 1. The van der Waals surface area contributed by atoms with E-state index in [0.29, 0.717) is 12.0 Å². The summed E-state index contributed by atoms with van der Waals surface area (Å²) in [6.07, 6.45) is -4.29. The van der Waals surface area contributed by atoms with E-state index in [1.807, 2.05) is 0 Å². The second kappa shape index (κ2) is 7.28. The van der Waals surface area contributed by atoms with Gasteiger partial charge in [0, 0.05) is 19.6 Å². The van der Waals surface area contributed by atoms with Gasteiger partial charge in [0.1, 0.15) is 5.82 Å². The number of rotatable bonds is 4. The zero-order valence-corrected chi connectivity index (χ0v) is 13.4. The van der Waals surface area contributed by atoms with E-state index in [9.17, 15) is 27.2 Å². The summed E-state index contributed by atoms with van der Waals surface area (Å²) in [7, 11) is 0. The lowest BCUT2D eigenvalue weighted by molar-refractivity contribution is -0.187. The molecular formula is C16H18F4N2O3. The molecule has 1 aromatic rings. The van der Waals surface area contributed by atoms with E-state index < -0.39 is 43.1 Å². The molecule has 138 valence electrons. The molecule has 5 nitrogen and oxygen atoms in total. The topological polar surface area (TPSA) is 69.6 Å². The maximum Gasteiger partial charge on any atom is 0.394 e. The van der Waals surface area contributed by atoms with Gasteiger partial charge in [-0.2, -0.15) is 13.2 Å². The third-order valence-electron chi connectivity index (χ3n) is 4.32. The number of alkyl halides is 3. The van der Waals surface area contributed by atoms with Gasteiger partial charge in [-0.15, -0.1) is 0 Å². The Morgan fingerprint density at radius 3 is 2.52 bits per heavy atom. The predicted octanol–water partition coefficient (Wildman–Crippen LogP) is 2.58. The minimum absolute atomic E-state index is 0.149. The van der Waals surface area contributed by atoms with Gasteiger partial charge in [0.15, 0.2) is 0 Å². The van der Waals surface area contributed by atoms with Crippen molar-refractivity contribution >= 4 is 12.0 Å². The van der Waals surface area contributed by atoms with Gasteiger partial charge in [-0.05, 0) is 36.6 Å². The Labute approximate surface area is 141 Å². The molecule has 2 N–H and O–H groups in total. The van der Waals surface area contributed by atoms with Crippen LogP contribution in [0.2, 0.25) is 0 Å². The minimum atomic E-state index is -4.68. The van der Waals surface area contributed by atoms with Crippen molar-refractivity contribution in [2.24, 2.45) is 11.8 Å². The van der Waals surface area contributed by atoms with Crippen molar-refractivity contribution in [2.75, 3.05) is 19.6 Å². The van der Waals surface area contributed by atoms with Crippen LogP contribution in [0.5, 0.6) is 0 Å². The fourth-order valence-corrected chi connectivity index (χ4v) is 2.91. The van der Waals surface area contributed by atoms with E-state index in [2.05, 4.69) is 5.32 Å². The number of halogens is 4. The normalized spacial score (nSPS) is 20.6. The number of amides is 2. The first-order chi connectivity index (χ1) is 11.6. The van der Waals surface area contributed by atoms with Gasteiger partial charge in [-0.25, -0.2) is 9.18 Å². The third-order valence-corrected chi connectivity index (χ3v) is 4.32. The molecule has 0 aliphatic carbocycles. The molecule has 0 unspecified atom stereocenters. The number of hydrogen-bond donors (Lipinski definition) is 2. The first kappa shape index (κ1) is 19.0. The van der Waals surface area contributed by atoms with Crippen molar-refractivity contribution in [2.45, 2.75) is 19.5 Å². The maximum atomic E-state index is 13.0. The zero-order chi connectivity index (χ0) is 18.8. The molecule has 1 aromatic carbocycles. The highest BCUT2D eigenvalue weighted by atomic mass is 19.4. The molecule has 1 aliphatic rings. The Balaban J connectivity index is 1.92. The summed E-state index contributed by atoms with van der Waals surface area (Å²) in [6.45, 7) is 0.700. The van der Waals surface area contributed by atoms with Crippen LogP contribution in [-0.4, -0.2) is 47.8 Å². The Bertz CT molecular complexity index is 663. The summed E-state index contributed by atoms with van der Waals surface area (Å²) in [5.74, 6) is -5.68. The molecule has 2 amide bonds. The second-order valence-electron chi connectivity index (χ2n) is 6.05. The van der Waals surface area contributed by atoms with Crippen molar-refractivity contribution < 1.29 is 32.3 Å². The monoisotopic (exact) mass is 362 g/mol. The molecule has 1 fully saturated rings. The molecule has 0 aromatic heterocycles. The molecule has 9 heteroatoms. The molecule has 0 spiro atoms. The number of carbonyl (C=O) groups excluding carboxylic acids is 1. The average Bonchev–Trinajstić information content (AvgIpc) is 2.95. The van der Waals surface area contributed by atoms with E-state index in [1.165, 1.54) is 12.1 Å². The first-order valence-corrected chi connectivity index (χ1v) is 7.67. The quantitative estimate of drug-likeness (QED) is 0.809. The lowest BCUT2D eigenvalue weighted by atomic mass is 9.96. The Morgan fingerprint density at radius 2 is 2.00 bits per heavy atom. The number of aryl methyl sites for hydroxylation is 1. The number of nitrogens with zero attached hydrogens (tertiary/aromatic N) is 1. The van der Waals surface area contributed by atoms with Gasteiger partial charge in [-0.3, -0.25) is 4.79 Å². The number of aliphatic carboxylic acids is 1. The number of carboxylic acid groups (broad SMARTS) is 1. The minimum Gasteiger partial charge on any atom is -0.481 e. The van der Waals surface area contributed by atoms with Gasteiger partial charge >= 0.3 is 18.2 Å². The number of urea groups is 1. The number of benzene rings is 1. The Kier molecular flexibility index (Phi) is 5.54. The largest absolute Gasteiger partial charge is 0.481 e. The molecule has 1 heterocycles. The summed E-state index contributed by atoms with van der Waals surface area (Å²) < 4.78 is 51.7. The van der Waals surface area contributed by atoms with Crippen LogP contribution in [0.1, 0.15) is 11.1 Å². The van der Waals surface area contributed by atoms with Crippen molar-refractivity contribution in [3.05, 3.63) is 35.1 Å². The molecule has 1 aliphatic heterocycles. The highest BCUT2D eigenvalue weighted by Crippen LogP contribution is 2.37. The van der Waals surface area contributed by atoms with Crippen molar-refractivity contribution in [1.82, 2.24) is 10.2 Å². The number of hydrogen-bond acceptors (Lipinski definition) is 2. The molecule has 25 heavy (non-hydrogen) atoms. The highest BCUT2D eigenvalue weighted by Gasteiger charge is 2.53. The van der Waals surface area contributed by atoms with Crippen LogP contribution in [0.3, 0.4) is 0 Å². The van der Waals surface area contributed by atoms with Crippen LogP contribution >= 0.6 is 0 Å². The van der Waals surface area contributed by atoms with Gasteiger partial charge < -0.3 is 15.3 Å². The Morgan fingerprint density at radius 1 is 1.32 bits per heavy atom. The van der Waals surface area contributed by atoms with E-state index in [1.54, 1.807) is 13.0 Å². The average molecular weight is 362 g/mol. The fourth-order valence-electron chi connectivity index (χ4n) is 2.91. The van der Waals surface area contributed by atoms with Crippen LogP contribution in [0.15, 0.2) is 18.2 Å². The van der Waals surface area contributed by atoms with E-state index in [4.69, 9.17) is 5.11 Å². The summed E-state index contributed by atoms with van der Waals surface area (Å²) >= 11 is 0. The van der Waals surface area contributed by atoms with Crippen LogP contribution < -0.4 is 5.32 Å². The van der Waals surface area contributed by atoms with E-state index in [-0.39, 0.29) is 12.4 Å². The summed E-state index contributed by atoms with van der Waals surface area (Å²) in [5, 5.41) is 11.4. The van der Waals surface area contributed by atoms with Gasteiger partial charge in [-0.1, -0.05) is 6.07 Å².